The fourth-order valence-electron chi connectivity index (χ4n) is 1.43. The lowest BCUT2D eigenvalue weighted by atomic mass is 10.2. The van der Waals surface area contributed by atoms with Gasteiger partial charge in [-0.25, -0.2) is 0 Å². The van der Waals surface area contributed by atoms with Crippen LogP contribution in [-0.2, 0) is 6.54 Å². The van der Waals surface area contributed by atoms with Crippen LogP contribution in [0.4, 0.5) is 0 Å². The van der Waals surface area contributed by atoms with Crippen LogP contribution in [0.5, 0.6) is 0 Å². The van der Waals surface area contributed by atoms with E-state index >= 15 is 0 Å². The van der Waals surface area contributed by atoms with Crippen LogP contribution in [0.15, 0.2) is 16.5 Å². The summed E-state index contributed by atoms with van der Waals surface area (Å²) in [6.07, 6.45) is -0.335. The van der Waals surface area contributed by atoms with Crippen LogP contribution in [0.25, 0.3) is 0 Å². The van der Waals surface area contributed by atoms with Gasteiger partial charge in [0.05, 0.1) is 12.6 Å². The molecule has 1 N–H and O–H groups in total. The Hall–Kier alpha value is -0.510. The molecule has 0 spiro atoms. The molecule has 0 fully saturated rings. The van der Waals surface area contributed by atoms with Crippen LogP contribution in [-0.4, -0.2) is 28.7 Å². The molecule has 0 aliphatic heterocycles. The largest absolute Gasteiger partial charge is 0.448 e. The zero-order chi connectivity index (χ0) is 11.4. The van der Waals surface area contributed by atoms with Gasteiger partial charge in [-0.3, -0.25) is 4.90 Å². The average molecular weight is 232 g/mol. The summed E-state index contributed by atoms with van der Waals surface area (Å²) in [4.78, 5) is 2.14. The van der Waals surface area contributed by atoms with Crippen molar-refractivity contribution in [1.29, 1.82) is 0 Å². The van der Waals surface area contributed by atoms with Gasteiger partial charge >= 0.3 is 0 Å². The van der Waals surface area contributed by atoms with E-state index in [1.165, 1.54) is 0 Å². The summed E-state index contributed by atoms with van der Waals surface area (Å²) in [5.74, 6) is 0.828. The van der Waals surface area contributed by atoms with Crippen molar-refractivity contribution in [1.82, 2.24) is 4.90 Å². The molecule has 1 aromatic heterocycles. The zero-order valence-corrected chi connectivity index (χ0v) is 10.2. The lowest BCUT2D eigenvalue weighted by Crippen LogP contribution is -2.35. The third-order valence-electron chi connectivity index (χ3n) is 2.22. The van der Waals surface area contributed by atoms with E-state index in [-0.39, 0.29) is 6.10 Å². The Balaban J connectivity index is 2.58. The maximum absolute atomic E-state index is 9.36. The number of aliphatic hydroxyl groups excluding tert-OH is 1. The van der Waals surface area contributed by atoms with Crippen LogP contribution in [0.3, 0.4) is 0 Å². The van der Waals surface area contributed by atoms with Crippen molar-refractivity contribution in [2.75, 3.05) is 6.54 Å². The summed E-state index contributed by atoms with van der Waals surface area (Å²) in [6, 6.07) is 3.96. The Morgan fingerprint density at radius 2 is 2.07 bits per heavy atom. The van der Waals surface area contributed by atoms with E-state index in [0.717, 1.165) is 5.76 Å². The molecule has 0 aliphatic rings. The highest BCUT2D eigenvalue weighted by Crippen LogP contribution is 2.16. The average Bonchev–Trinajstić information content (AvgIpc) is 2.49. The van der Waals surface area contributed by atoms with E-state index in [1.54, 1.807) is 13.0 Å². The van der Waals surface area contributed by atoms with Gasteiger partial charge in [0.1, 0.15) is 5.76 Å². The van der Waals surface area contributed by atoms with Crippen LogP contribution >= 0.6 is 11.6 Å². The number of hydrogen-bond acceptors (Lipinski definition) is 3. The summed E-state index contributed by atoms with van der Waals surface area (Å²) < 4.78 is 5.29. The van der Waals surface area contributed by atoms with Gasteiger partial charge in [-0.05, 0) is 44.5 Å². The maximum atomic E-state index is 9.36. The van der Waals surface area contributed by atoms with Gasteiger partial charge in [0.15, 0.2) is 5.22 Å². The number of halogens is 1. The standard InChI is InChI=1S/C11H18ClNO2/c1-8(2)13(6-9(3)14)7-10-4-5-11(12)15-10/h4-5,8-9,14H,6-7H2,1-3H3. The van der Waals surface area contributed by atoms with Crippen molar-refractivity contribution >= 4 is 11.6 Å². The van der Waals surface area contributed by atoms with Gasteiger partial charge in [0.2, 0.25) is 0 Å². The minimum atomic E-state index is -0.335. The van der Waals surface area contributed by atoms with Crippen molar-refractivity contribution in [3.05, 3.63) is 23.1 Å². The second-order valence-electron chi connectivity index (χ2n) is 4.08. The Bertz CT molecular complexity index is 297. The monoisotopic (exact) mass is 231 g/mol. The number of rotatable bonds is 5. The van der Waals surface area contributed by atoms with Gasteiger partial charge in [0.25, 0.3) is 0 Å². The molecule has 0 bridgehead atoms. The van der Waals surface area contributed by atoms with Crippen LogP contribution in [0.1, 0.15) is 26.5 Å². The summed E-state index contributed by atoms with van der Waals surface area (Å²) in [7, 11) is 0. The van der Waals surface area contributed by atoms with Crippen molar-refractivity contribution in [2.24, 2.45) is 0 Å². The van der Waals surface area contributed by atoms with E-state index in [1.807, 2.05) is 6.07 Å². The van der Waals surface area contributed by atoms with Crippen LogP contribution in [0.2, 0.25) is 5.22 Å². The highest BCUT2D eigenvalue weighted by atomic mass is 35.5. The normalized spacial score (nSPS) is 13.8. The molecular weight excluding hydrogens is 214 g/mol. The summed E-state index contributed by atoms with van der Waals surface area (Å²) in [5, 5.41) is 9.76. The second-order valence-corrected chi connectivity index (χ2v) is 4.45. The molecule has 0 aliphatic carbocycles. The highest BCUT2D eigenvalue weighted by Gasteiger charge is 2.14. The third-order valence-corrected chi connectivity index (χ3v) is 2.42. The number of furan rings is 1. The fraction of sp³-hybridized carbons (Fsp3) is 0.636. The van der Waals surface area contributed by atoms with Crippen LogP contribution < -0.4 is 0 Å². The summed E-state index contributed by atoms with van der Waals surface area (Å²) in [6.45, 7) is 7.27. The Kier molecular flexibility index (Phi) is 4.64. The Morgan fingerprint density at radius 1 is 1.40 bits per heavy atom. The molecule has 0 saturated heterocycles. The van der Waals surface area contributed by atoms with E-state index < -0.39 is 0 Å². The van der Waals surface area contributed by atoms with Crippen LogP contribution in [0, 0.1) is 0 Å². The number of hydrogen-bond donors (Lipinski definition) is 1. The van der Waals surface area contributed by atoms with Crippen molar-refractivity contribution in [3.63, 3.8) is 0 Å². The predicted octanol–water partition coefficient (Wildman–Crippen LogP) is 2.52. The van der Waals surface area contributed by atoms with Gasteiger partial charge in [-0.1, -0.05) is 0 Å². The number of aliphatic hydroxyl groups is 1. The first-order valence-corrected chi connectivity index (χ1v) is 5.53. The first kappa shape index (κ1) is 12.6. The van der Waals surface area contributed by atoms with E-state index in [4.69, 9.17) is 16.0 Å². The van der Waals surface area contributed by atoms with Gasteiger partial charge < -0.3 is 9.52 Å². The predicted molar refractivity (Wildman–Crippen MR) is 60.9 cm³/mol. The third kappa shape index (κ3) is 4.24. The van der Waals surface area contributed by atoms with E-state index in [9.17, 15) is 5.11 Å². The maximum Gasteiger partial charge on any atom is 0.193 e. The quantitative estimate of drug-likeness (QED) is 0.846. The first-order valence-electron chi connectivity index (χ1n) is 5.15. The molecule has 0 radical (unpaired) electrons. The zero-order valence-electron chi connectivity index (χ0n) is 9.40. The molecule has 0 amide bonds. The second kappa shape index (κ2) is 5.54. The van der Waals surface area contributed by atoms with Gasteiger partial charge in [-0.15, -0.1) is 0 Å². The molecule has 3 nitrogen and oxygen atoms in total. The van der Waals surface area contributed by atoms with Crippen molar-refractivity contribution in [3.8, 4) is 0 Å². The van der Waals surface area contributed by atoms with Gasteiger partial charge in [0, 0.05) is 12.6 Å². The SMILES string of the molecule is CC(O)CN(Cc1ccc(Cl)o1)C(C)C. The smallest absolute Gasteiger partial charge is 0.193 e. The molecule has 4 heteroatoms. The topological polar surface area (TPSA) is 36.6 Å². The Morgan fingerprint density at radius 3 is 2.47 bits per heavy atom. The molecular formula is C11H18ClNO2. The lowest BCUT2D eigenvalue weighted by molar-refractivity contribution is 0.0976. The molecule has 86 valence electrons. The minimum absolute atomic E-state index is 0.335. The molecule has 1 atom stereocenters. The number of nitrogens with zero attached hydrogens (tertiary/aromatic N) is 1. The first-order chi connectivity index (χ1) is 6.99. The highest BCUT2D eigenvalue weighted by molar-refractivity contribution is 6.28. The summed E-state index contributed by atoms with van der Waals surface area (Å²) >= 11 is 5.69. The Labute approximate surface area is 95.6 Å². The molecule has 0 saturated carbocycles. The fourth-order valence-corrected chi connectivity index (χ4v) is 1.60. The summed E-state index contributed by atoms with van der Waals surface area (Å²) in [5.41, 5.74) is 0. The lowest BCUT2D eigenvalue weighted by Gasteiger charge is -2.26. The molecule has 1 heterocycles. The van der Waals surface area contributed by atoms with Crippen molar-refractivity contribution < 1.29 is 9.52 Å². The van der Waals surface area contributed by atoms with Crippen molar-refractivity contribution in [2.45, 2.75) is 39.5 Å². The molecule has 0 aromatic carbocycles. The van der Waals surface area contributed by atoms with Gasteiger partial charge in [-0.2, -0.15) is 0 Å². The van der Waals surface area contributed by atoms with E-state index in [0.29, 0.717) is 24.4 Å². The molecule has 1 rings (SSSR count). The molecule has 1 aromatic rings. The molecule has 1 unspecified atom stereocenters. The molecule has 15 heavy (non-hydrogen) atoms. The van der Waals surface area contributed by atoms with E-state index in [2.05, 4.69) is 18.7 Å². The minimum Gasteiger partial charge on any atom is -0.448 e.